The maximum absolute atomic E-state index is 10.6. The van der Waals surface area contributed by atoms with E-state index in [0.717, 1.165) is 5.56 Å². The first-order valence-electron chi connectivity index (χ1n) is 6.65. The predicted octanol–water partition coefficient (Wildman–Crippen LogP) is 2.07. The molecule has 1 atom stereocenters. The van der Waals surface area contributed by atoms with Crippen molar-refractivity contribution in [2.75, 3.05) is 27.3 Å². The summed E-state index contributed by atoms with van der Waals surface area (Å²) in [5.41, 5.74) is 0.741. The van der Waals surface area contributed by atoms with Gasteiger partial charge in [-0.25, -0.2) is 0 Å². The van der Waals surface area contributed by atoms with Gasteiger partial charge in [0.15, 0.2) is 11.5 Å². The molecule has 0 saturated heterocycles. The molecule has 0 spiro atoms. The Balaban J connectivity index is 2.95. The standard InChI is InChI=1S/C15H20N2O4/c1-4-21-13-6-5-11(9-14(13)20-3)12(10-16)17(2)8-7-15(18)19/h5-6,9,12H,4,7-8H2,1-3H3,(H,18,19). The summed E-state index contributed by atoms with van der Waals surface area (Å²) in [6.07, 6.45) is -0.0111. The summed E-state index contributed by atoms with van der Waals surface area (Å²) in [7, 11) is 3.26. The fourth-order valence-corrected chi connectivity index (χ4v) is 1.96. The van der Waals surface area contributed by atoms with E-state index >= 15 is 0 Å². The van der Waals surface area contributed by atoms with Crippen molar-refractivity contribution in [3.63, 3.8) is 0 Å². The number of nitriles is 1. The highest BCUT2D eigenvalue weighted by Gasteiger charge is 2.19. The molecule has 0 saturated carbocycles. The Hall–Kier alpha value is -2.26. The molecule has 0 aliphatic heterocycles. The number of methoxy groups -OCH3 is 1. The monoisotopic (exact) mass is 292 g/mol. The second-order valence-corrected chi connectivity index (χ2v) is 4.50. The molecule has 0 amide bonds. The number of aliphatic carboxylic acids is 1. The van der Waals surface area contributed by atoms with Crippen molar-refractivity contribution in [2.45, 2.75) is 19.4 Å². The van der Waals surface area contributed by atoms with Crippen LogP contribution in [0.15, 0.2) is 18.2 Å². The number of hydrogen-bond acceptors (Lipinski definition) is 5. The molecule has 0 radical (unpaired) electrons. The third kappa shape index (κ3) is 4.65. The van der Waals surface area contributed by atoms with E-state index in [0.29, 0.717) is 24.7 Å². The highest BCUT2D eigenvalue weighted by molar-refractivity contribution is 5.66. The van der Waals surface area contributed by atoms with Gasteiger partial charge in [-0.2, -0.15) is 5.26 Å². The van der Waals surface area contributed by atoms with Crippen molar-refractivity contribution in [1.29, 1.82) is 5.26 Å². The molecule has 0 aromatic heterocycles. The van der Waals surface area contributed by atoms with Crippen LogP contribution < -0.4 is 9.47 Å². The molecule has 1 N–H and O–H groups in total. The molecule has 0 fully saturated rings. The number of hydrogen-bond donors (Lipinski definition) is 1. The van der Waals surface area contributed by atoms with Crippen LogP contribution in [0, 0.1) is 11.3 Å². The minimum absolute atomic E-state index is 0.0111. The zero-order chi connectivity index (χ0) is 15.8. The zero-order valence-corrected chi connectivity index (χ0v) is 12.5. The largest absolute Gasteiger partial charge is 0.493 e. The molecule has 6 nitrogen and oxygen atoms in total. The van der Waals surface area contributed by atoms with Gasteiger partial charge < -0.3 is 14.6 Å². The van der Waals surface area contributed by atoms with Crippen LogP contribution in [0.3, 0.4) is 0 Å². The lowest BCUT2D eigenvalue weighted by atomic mass is 10.1. The van der Waals surface area contributed by atoms with Gasteiger partial charge in [0.1, 0.15) is 6.04 Å². The van der Waals surface area contributed by atoms with E-state index in [2.05, 4.69) is 6.07 Å². The smallest absolute Gasteiger partial charge is 0.304 e. The van der Waals surface area contributed by atoms with Crippen LogP contribution in [-0.4, -0.2) is 43.3 Å². The molecular weight excluding hydrogens is 272 g/mol. The van der Waals surface area contributed by atoms with Crippen LogP contribution in [-0.2, 0) is 4.79 Å². The molecular formula is C15H20N2O4. The van der Waals surface area contributed by atoms with Crippen LogP contribution in [0.2, 0.25) is 0 Å². The molecule has 1 aromatic rings. The summed E-state index contributed by atoms with van der Waals surface area (Å²) >= 11 is 0. The average Bonchev–Trinajstić information content (AvgIpc) is 2.47. The number of carbonyl (C=O) groups is 1. The van der Waals surface area contributed by atoms with E-state index in [9.17, 15) is 10.1 Å². The molecule has 0 aliphatic carbocycles. The van der Waals surface area contributed by atoms with Crippen molar-refractivity contribution >= 4 is 5.97 Å². The Morgan fingerprint density at radius 2 is 2.19 bits per heavy atom. The van der Waals surface area contributed by atoms with Gasteiger partial charge in [-0.3, -0.25) is 9.69 Å². The summed E-state index contributed by atoms with van der Waals surface area (Å²) in [5, 5.41) is 18.1. The van der Waals surface area contributed by atoms with Crippen LogP contribution in [0.5, 0.6) is 11.5 Å². The Morgan fingerprint density at radius 1 is 1.48 bits per heavy atom. The van der Waals surface area contributed by atoms with E-state index in [-0.39, 0.29) is 6.42 Å². The molecule has 0 aliphatic rings. The van der Waals surface area contributed by atoms with Gasteiger partial charge in [0.25, 0.3) is 0 Å². The Bertz CT molecular complexity index is 525. The van der Waals surface area contributed by atoms with Gasteiger partial charge >= 0.3 is 5.97 Å². The maximum Gasteiger partial charge on any atom is 0.304 e. The first-order chi connectivity index (χ1) is 10.0. The van der Waals surface area contributed by atoms with Gasteiger partial charge in [-0.15, -0.1) is 0 Å². The number of carboxylic acids is 1. The van der Waals surface area contributed by atoms with Crippen LogP contribution in [0.25, 0.3) is 0 Å². The summed E-state index contributed by atoms with van der Waals surface area (Å²) in [4.78, 5) is 12.3. The van der Waals surface area contributed by atoms with Gasteiger partial charge in [-0.05, 0) is 31.7 Å². The Morgan fingerprint density at radius 3 is 2.71 bits per heavy atom. The van der Waals surface area contributed by atoms with E-state index in [1.807, 2.05) is 6.92 Å². The van der Waals surface area contributed by atoms with Gasteiger partial charge in [0.2, 0.25) is 0 Å². The summed E-state index contributed by atoms with van der Waals surface area (Å²) < 4.78 is 10.7. The van der Waals surface area contributed by atoms with Crippen molar-refractivity contribution in [3.05, 3.63) is 23.8 Å². The first-order valence-corrected chi connectivity index (χ1v) is 6.65. The van der Waals surface area contributed by atoms with Gasteiger partial charge in [0, 0.05) is 6.54 Å². The zero-order valence-electron chi connectivity index (χ0n) is 12.5. The average molecular weight is 292 g/mol. The minimum atomic E-state index is -0.886. The molecule has 114 valence electrons. The molecule has 0 heterocycles. The summed E-state index contributed by atoms with van der Waals surface area (Å²) in [5.74, 6) is 0.290. The third-order valence-corrected chi connectivity index (χ3v) is 3.04. The molecule has 0 bridgehead atoms. The minimum Gasteiger partial charge on any atom is -0.493 e. The van der Waals surface area contributed by atoms with Crippen molar-refractivity contribution in [2.24, 2.45) is 0 Å². The first kappa shape index (κ1) is 16.8. The normalized spacial score (nSPS) is 11.8. The number of benzene rings is 1. The number of rotatable bonds is 8. The van der Waals surface area contributed by atoms with Gasteiger partial charge in [-0.1, -0.05) is 6.07 Å². The van der Waals surface area contributed by atoms with E-state index in [1.165, 1.54) is 7.11 Å². The highest BCUT2D eigenvalue weighted by Crippen LogP contribution is 2.31. The van der Waals surface area contributed by atoms with Crippen LogP contribution in [0.1, 0.15) is 24.9 Å². The van der Waals surface area contributed by atoms with E-state index in [1.54, 1.807) is 30.1 Å². The van der Waals surface area contributed by atoms with Crippen molar-refractivity contribution < 1.29 is 19.4 Å². The van der Waals surface area contributed by atoms with E-state index in [4.69, 9.17) is 14.6 Å². The Kier molecular flexibility index (Phi) is 6.50. The maximum atomic E-state index is 10.6. The molecule has 1 rings (SSSR count). The SMILES string of the molecule is CCOc1ccc(C(C#N)N(C)CCC(=O)O)cc1OC. The lowest BCUT2D eigenvalue weighted by Crippen LogP contribution is -2.26. The second kappa shape index (κ2) is 8.12. The molecule has 6 heteroatoms. The quantitative estimate of drug-likeness (QED) is 0.789. The second-order valence-electron chi connectivity index (χ2n) is 4.50. The Labute approximate surface area is 124 Å². The fourth-order valence-electron chi connectivity index (χ4n) is 1.96. The van der Waals surface area contributed by atoms with Crippen molar-refractivity contribution in [3.8, 4) is 17.6 Å². The molecule has 1 unspecified atom stereocenters. The van der Waals surface area contributed by atoms with Crippen LogP contribution in [0.4, 0.5) is 0 Å². The molecule has 1 aromatic carbocycles. The van der Waals surface area contributed by atoms with Crippen molar-refractivity contribution in [1.82, 2.24) is 4.90 Å². The lowest BCUT2D eigenvalue weighted by molar-refractivity contribution is -0.137. The lowest BCUT2D eigenvalue weighted by Gasteiger charge is -2.22. The van der Waals surface area contributed by atoms with Crippen LogP contribution >= 0.6 is 0 Å². The number of carboxylic acid groups (broad SMARTS) is 1. The summed E-state index contributed by atoms with van der Waals surface area (Å²) in [6, 6.07) is 6.94. The highest BCUT2D eigenvalue weighted by atomic mass is 16.5. The third-order valence-electron chi connectivity index (χ3n) is 3.04. The number of ether oxygens (including phenoxy) is 2. The molecule has 21 heavy (non-hydrogen) atoms. The van der Waals surface area contributed by atoms with E-state index < -0.39 is 12.0 Å². The van der Waals surface area contributed by atoms with Gasteiger partial charge in [0.05, 0.1) is 26.2 Å². The predicted molar refractivity (Wildman–Crippen MR) is 77.4 cm³/mol. The summed E-state index contributed by atoms with van der Waals surface area (Å²) in [6.45, 7) is 2.70. The topological polar surface area (TPSA) is 82.8 Å². The number of nitrogens with zero attached hydrogens (tertiary/aromatic N) is 2. The fraction of sp³-hybridized carbons (Fsp3) is 0.467.